The van der Waals surface area contributed by atoms with Crippen LogP contribution in [0.15, 0.2) is 28.7 Å². The summed E-state index contributed by atoms with van der Waals surface area (Å²) >= 11 is 5.18. The van der Waals surface area contributed by atoms with Crippen LogP contribution >= 0.6 is 27.3 Å². The first kappa shape index (κ1) is 14.9. The highest BCUT2D eigenvalue weighted by Crippen LogP contribution is 2.36. The van der Waals surface area contributed by atoms with E-state index in [2.05, 4.69) is 55.7 Å². The molecular formula is C15H18BrN3OS. The van der Waals surface area contributed by atoms with Crippen LogP contribution in [0, 0.1) is 6.92 Å². The van der Waals surface area contributed by atoms with E-state index in [9.17, 15) is 0 Å². The highest BCUT2D eigenvalue weighted by atomic mass is 79.9. The molecule has 3 rings (SSSR count). The summed E-state index contributed by atoms with van der Waals surface area (Å²) in [5.41, 5.74) is 1.45. The highest BCUT2D eigenvalue weighted by molar-refractivity contribution is 9.10. The average Bonchev–Trinajstić information content (AvgIpc) is 2.92. The van der Waals surface area contributed by atoms with Crippen LogP contribution in [0.5, 0.6) is 0 Å². The second kappa shape index (κ2) is 6.42. The number of rotatable bonds is 4. The van der Waals surface area contributed by atoms with Gasteiger partial charge in [-0.15, -0.1) is 10.2 Å². The molecule has 1 aromatic carbocycles. The minimum atomic E-state index is 0.0988. The summed E-state index contributed by atoms with van der Waals surface area (Å²) in [4.78, 5) is 0. The Bertz CT molecular complexity index is 610. The van der Waals surface area contributed by atoms with Gasteiger partial charge in [-0.05, 0) is 37.5 Å². The SMILES string of the molecule is Cc1nnc(NCC2(c3cccc(Br)c3)CCOCC2)s1. The van der Waals surface area contributed by atoms with Crippen molar-refractivity contribution < 1.29 is 4.74 Å². The largest absolute Gasteiger partial charge is 0.381 e. The van der Waals surface area contributed by atoms with Crippen molar-refractivity contribution in [3.8, 4) is 0 Å². The summed E-state index contributed by atoms with van der Waals surface area (Å²) in [6.07, 6.45) is 2.04. The van der Waals surface area contributed by atoms with Crippen LogP contribution in [0.2, 0.25) is 0 Å². The lowest BCUT2D eigenvalue weighted by Gasteiger charge is -2.38. The molecule has 0 atom stereocenters. The molecule has 0 radical (unpaired) electrons. The van der Waals surface area contributed by atoms with Crippen molar-refractivity contribution in [3.63, 3.8) is 0 Å². The normalized spacial score (nSPS) is 17.6. The first-order valence-corrected chi connectivity index (χ1v) is 8.67. The maximum Gasteiger partial charge on any atom is 0.205 e. The first-order valence-electron chi connectivity index (χ1n) is 7.06. The zero-order chi connectivity index (χ0) is 14.7. The lowest BCUT2D eigenvalue weighted by Crippen LogP contribution is -2.40. The minimum Gasteiger partial charge on any atom is -0.381 e. The van der Waals surface area contributed by atoms with E-state index in [1.54, 1.807) is 11.3 Å². The van der Waals surface area contributed by atoms with Gasteiger partial charge in [-0.25, -0.2) is 0 Å². The molecule has 2 aromatic rings. The van der Waals surface area contributed by atoms with Crippen molar-refractivity contribution in [3.05, 3.63) is 39.3 Å². The second-order valence-electron chi connectivity index (χ2n) is 5.38. The van der Waals surface area contributed by atoms with Crippen LogP contribution in [0.1, 0.15) is 23.4 Å². The van der Waals surface area contributed by atoms with Gasteiger partial charge < -0.3 is 10.1 Å². The van der Waals surface area contributed by atoms with E-state index < -0.39 is 0 Å². The van der Waals surface area contributed by atoms with Gasteiger partial charge in [0.1, 0.15) is 5.01 Å². The molecule has 0 spiro atoms. The highest BCUT2D eigenvalue weighted by Gasteiger charge is 2.34. The fourth-order valence-electron chi connectivity index (χ4n) is 2.76. The quantitative estimate of drug-likeness (QED) is 0.893. The number of aryl methyl sites for hydroxylation is 1. The van der Waals surface area contributed by atoms with Crippen LogP contribution in [-0.2, 0) is 10.2 Å². The molecule has 1 fully saturated rings. The lowest BCUT2D eigenvalue weighted by molar-refractivity contribution is 0.0543. The number of nitrogens with one attached hydrogen (secondary N) is 1. The molecule has 112 valence electrons. The molecule has 0 aliphatic carbocycles. The topological polar surface area (TPSA) is 47.0 Å². The Morgan fingerprint density at radius 2 is 2.14 bits per heavy atom. The molecule has 1 aliphatic rings. The van der Waals surface area contributed by atoms with E-state index in [4.69, 9.17) is 4.74 Å². The summed E-state index contributed by atoms with van der Waals surface area (Å²) < 4.78 is 6.69. The van der Waals surface area contributed by atoms with E-state index in [1.165, 1.54) is 5.56 Å². The molecule has 4 nitrogen and oxygen atoms in total. The predicted molar refractivity (Wildman–Crippen MR) is 89.0 cm³/mol. The van der Waals surface area contributed by atoms with Gasteiger partial charge in [0, 0.05) is 29.6 Å². The lowest BCUT2D eigenvalue weighted by atomic mass is 9.74. The van der Waals surface area contributed by atoms with E-state index in [-0.39, 0.29) is 5.41 Å². The first-order chi connectivity index (χ1) is 10.2. The number of anilines is 1. The van der Waals surface area contributed by atoms with Gasteiger partial charge in [0.15, 0.2) is 0 Å². The fraction of sp³-hybridized carbons (Fsp3) is 0.467. The Hall–Kier alpha value is -0.980. The maximum absolute atomic E-state index is 5.57. The van der Waals surface area contributed by atoms with Crippen LogP contribution in [0.4, 0.5) is 5.13 Å². The summed E-state index contributed by atoms with van der Waals surface area (Å²) in [6.45, 7) is 4.45. The molecule has 1 N–H and O–H groups in total. The van der Waals surface area contributed by atoms with Crippen LogP contribution < -0.4 is 5.32 Å². The molecule has 0 saturated carbocycles. The van der Waals surface area contributed by atoms with Gasteiger partial charge in [0.25, 0.3) is 0 Å². The Balaban J connectivity index is 1.82. The third-order valence-corrected chi connectivity index (χ3v) is 5.28. The molecule has 1 aromatic heterocycles. The molecule has 0 unspecified atom stereocenters. The van der Waals surface area contributed by atoms with Gasteiger partial charge in [-0.2, -0.15) is 0 Å². The summed E-state index contributed by atoms with van der Waals surface area (Å²) in [5.74, 6) is 0. The number of halogens is 1. The Morgan fingerprint density at radius 3 is 2.81 bits per heavy atom. The molecule has 1 saturated heterocycles. The second-order valence-corrected chi connectivity index (χ2v) is 7.48. The third-order valence-electron chi connectivity index (χ3n) is 3.99. The minimum absolute atomic E-state index is 0.0988. The number of benzene rings is 1. The molecule has 21 heavy (non-hydrogen) atoms. The Kier molecular flexibility index (Phi) is 4.57. The van der Waals surface area contributed by atoms with Gasteiger partial charge >= 0.3 is 0 Å². The number of nitrogens with zero attached hydrogens (tertiary/aromatic N) is 2. The molecule has 0 bridgehead atoms. The summed E-state index contributed by atoms with van der Waals surface area (Å²) in [7, 11) is 0. The van der Waals surface area contributed by atoms with Crippen molar-refractivity contribution in [2.24, 2.45) is 0 Å². The van der Waals surface area contributed by atoms with Crippen LogP contribution in [-0.4, -0.2) is 30.0 Å². The van der Waals surface area contributed by atoms with Crippen molar-refractivity contribution in [1.29, 1.82) is 0 Å². The molecule has 0 amide bonds. The smallest absolute Gasteiger partial charge is 0.205 e. The van der Waals surface area contributed by atoms with E-state index in [0.717, 1.165) is 47.2 Å². The van der Waals surface area contributed by atoms with Gasteiger partial charge in [-0.1, -0.05) is 39.4 Å². The van der Waals surface area contributed by atoms with E-state index >= 15 is 0 Å². The predicted octanol–water partition coefficient (Wildman–Crippen LogP) is 3.77. The molecular weight excluding hydrogens is 350 g/mol. The van der Waals surface area contributed by atoms with Crippen molar-refractivity contribution >= 4 is 32.4 Å². The number of aromatic nitrogens is 2. The zero-order valence-electron chi connectivity index (χ0n) is 11.9. The monoisotopic (exact) mass is 367 g/mol. The number of hydrogen-bond donors (Lipinski definition) is 1. The van der Waals surface area contributed by atoms with Gasteiger partial charge in [0.2, 0.25) is 5.13 Å². The third kappa shape index (κ3) is 3.44. The molecule has 6 heteroatoms. The molecule has 1 aliphatic heterocycles. The Morgan fingerprint density at radius 1 is 1.33 bits per heavy atom. The van der Waals surface area contributed by atoms with Crippen LogP contribution in [0.3, 0.4) is 0 Å². The number of ether oxygens (including phenoxy) is 1. The van der Waals surface area contributed by atoms with Crippen molar-refractivity contribution in [2.75, 3.05) is 25.1 Å². The Labute approximate surface area is 137 Å². The standard InChI is InChI=1S/C15H18BrN3OS/c1-11-18-19-14(21-11)17-10-15(5-7-20-8-6-15)12-3-2-4-13(16)9-12/h2-4,9H,5-8,10H2,1H3,(H,17,19). The average molecular weight is 368 g/mol. The van der Waals surface area contributed by atoms with Gasteiger partial charge in [-0.3, -0.25) is 0 Å². The van der Waals surface area contributed by atoms with Gasteiger partial charge in [0.05, 0.1) is 0 Å². The molecule has 2 heterocycles. The summed E-state index contributed by atoms with van der Waals surface area (Å²) in [6, 6.07) is 8.60. The van der Waals surface area contributed by atoms with Crippen LogP contribution in [0.25, 0.3) is 0 Å². The van der Waals surface area contributed by atoms with E-state index in [1.807, 2.05) is 6.92 Å². The van der Waals surface area contributed by atoms with Crippen molar-refractivity contribution in [2.45, 2.75) is 25.2 Å². The fourth-order valence-corrected chi connectivity index (χ4v) is 3.75. The maximum atomic E-state index is 5.57. The zero-order valence-corrected chi connectivity index (χ0v) is 14.3. The summed E-state index contributed by atoms with van der Waals surface area (Å²) in [5, 5.41) is 13.6. The van der Waals surface area contributed by atoms with Crippen molar-refractivity contribution in [1.82, 2.24) is 10.2 Å². The van der Waals surface area contributed by atoms with E-state index in [0.29, 0.717) is 0 Å². The number of hydrogen-bond acceptors (Lipinski definition) is 5.